The molecule has 1 aromatic rings. The maximum Gasteiger partial charge on any atom is 0.112 e. The summed E-state index contributed by atoms with van der Waals surface area (Å²) < 4.78 is 1.81. The van der Waals surface area contributed by atoms with E-state index in [4.69, 9.17) is 10.8 Å². The Hall–Kier alpha value is -1.42. The molecule has 88 valence electrons. The third-order valence-electron chi connectivity index (χ3n) is 2.58. The quantitative estimate of drug-likeness (QED) is 0.591. The molecule has 0 amide bonds. The standard InChI is InChI=1S/C12H20N4/c1-9(5-13)12(14)16-6-10(2)11(8-16)7-15(3)4/h5-6,8-9,13-14H,7H2,1-4H3. The van der Waals surface area contributed by atoms with Crippen LogP contribution in [0.2, 0.25) is 0 Å². The molecule has 1 unspecified atom stereocenters. The van der Waals surface area contributed by atoms with Crippen molar-refractivity contribution >= 4 is 12.1 Å². The van der Waals surface area contributed by atoms with Crippen molar-refractivity contribution < 1.29 is 0 Å². The fourth-order valence-corrected chi connectivity index (χ4v) is 1.56. The van der Waals surface area contributed by atoms with E-state index in [1.54, 1.807) is 0 Å². The summed E-state index contributed by atoms with van der Waals surface area (Å²) in [6.07, 6.45) is 5.24. The van der Waals surface area contributed by atoms with Crippen molar-refractivity contribution in [2.75, 3.05) is 14.1 Å². The minimum Gasteiger partial charge on any atom is -0.312 e. The van der Waals surface area contributed by atoms with E-state index in [-0.39, 0.29) is 5.92 Å². The maximum absolute atomic E-state index is 7.93. The molecule has 2 N–H and O–H groups in total. The van der Waals surface area contributed by atoms with Crippen LogP contribution >= 0.6 is 0 Å². The fourth-order valence-electron chi connectivity index (χ4n) is 1.56. The summed E-state index contributed by atoms with van der Waals surface area (Å²) in [5, 5.41) is 15.1. The largest absolute Gasteiger partial charge is 0.312 e. The van der Waals surface area contributed by atoms with Crippen LogP contribution in [0.25, 0.3) is 0 Å². The van der Waals surface area contributed by atoms with Crippen molar-refractivity contribution in [1.29, 1.82) is 10.8 Å². The molecule has 0 saturated carbocycles. The average Bonchev–Trinajstić information content (AvgIpc) is 2.57. The summed E-state index contributed by atoms with van der Waals surface area (Å²) in [4.78, 5) is 2.11. The van der Waals surface area contributed by atoms with Crippen LogP contribution in [0.4, 0.5) is 0 Å². The van der Waals surface area contributed by atoms with Crippen molar-refractivity contribution in [3.63, 3.8) is 0 Å². The zero-order valence-corrected chi connectivity index (χ0v) is 10.4. The molecule has 0 radical (unpaired) electrons. The summed E-state index contributed by atoms with van der Waals surface area (Å²) in [5.41, 5.74) is 2.42. The van der Waals surface area contributed by atoms with E-state index in [2.05, 4.69) is 11.8 Å². The van der Waals surface area contributed by atoms with E-state index in [0.717, 1.165) is 6.54 Å². The summed E-state index contributed by atoms with van der Waals surface area (Å²) >= 11 is 0. The number of nitrogens with one attached hydrogen (secondary N) is 2. The van der Waals surface area contributed by atoms with Gasteiger partial charge in [-0.05, 0) is 32.1 Å². The monoisotopic (exact) mass is 220 g/mol. The molecule has 0 saturated heterocycles. The van der Waals surface area contributed by atoms with Crippen molar-refractivity contribution in [3.05, 3.63) is 23.5 Å². The molecule has 0 aliphatic carbocycles. The van der Waals surface area contributed by atoms with E-state index in [0.29, 0.717) is 5.84 Å². The highest BCUT2D eigenvalue weighted by atomic mass is 15.1. The van der Waals surface area contributed by atoms with Crippen molar-refractivity contribution in [3.8, 4) is 0 Å². The Morgan fingerprint density at radius 1 is 1.50 bits per heavy atom. The molecular formula is C12H20N4. The first-order valence-electron chi connectivity index (χ1n) is 5.37. The van der Waals surface area contributed by atoms with E-state index in [9.17, 15) is 0 Å². The molecule has 0 bridgehead atoms. The molecule has 1 aromatic heterocycles. The minimum atomic E-state index is -0.140. The highest BCUT2D eigenvalue weighted by molar-refractivity contribution is 5.95. The molecule has 1 atom stereocenters. The molecule has 16 heavy (non-hydrogen) atoms. The van der Waals surface area contributed by atoms with E-state index >= 15 is 0 Å². The number of aryl methyl sites for hydroxylation is 1. The van der Waals surface area contributed by atoms with Crippen LogP contribution in [0.1, 0.15) is 18.1 Å². The van der Waals surface area contributed by atoms with Crippen LogP contribution in [-0.4, -0.2) is 35.6 Å². The maximum atomic E-state index is 7.93. The predicted octanol–water partition coefficient (Wildman–Crippen LogP) is 1.97. The molecular weight excluding hydrogens is 200 g/mol. The van der Waals surface area contributed by atoms with E-state index < -0.39 is 0 Å². The second-order valence-corrected chi connectivity index (χ2v) is 4.45. The topological polar surface area (TPSA) is 55.9 Å². The van der Waals surface area contributed by atoms with Crippen LogP contribution in [0, 0.1) is 23.7 Å². The SMILES string of the molecule is Cc1cn(C(=N)C(C)C=N)cc1CN(C)C. The van der Waals surface area contributed by atoms with Gasteiger partial charge in [0.2, 0.25) is 0 Å². The predicted molar refractivity (Wildman–Crippen MR) is 67.6 cm³/mol. The zero-order chi connectivity index (χ0) is 12.3. The van der Waals surface area contributed by atoms with Gasteiger partial charge in [0.25, 0.3) is 0 Å². The van der Waals surface area contributed by atoms with Crippen LogP contribution in [0.3, 0.4) is 0 Å². The van der Waals surface area contributed by atoms with Gasteiger partial charge < -0.3 is 14.9 Å². The van der Waals surface area contributed by atoms with Crippen molar-refractivity contribution in [2.24, 2.45) is 5.92 Å². The van der Waals surface area contributed by atoms with E-state index in [1.165, 1.54) is 17.3 Å². The fraction of sp³-hybridized carbons (Fsp3) is 0.500. The molecule has 4 nitrogen and oxygen atoms in total. The Kier molecular flexibility index (Phi) is 4.01. The average molecular weight is 220 g/mol. The zero-order valence-electron chi connectivity index (χ0n) is 10.4. The lowest BCUT2D eigenvalue weighted by molar-refractivity contribution is 0.401. The van der Waals surface area contributed by atoms with Crippen molar-refractivity contribution in [1.82, 2.24) is 9.47 Å². The summed E-state index contributed by atoms with van der Waals surface area (Å²) in [5.74, 6) is 0.308. The Morgan fingerprint density at radius 3 is 2.62 bits per heavy atom. The first kappa shape index (κ1) is 12.6. The summed E-state index contributed by atoms with van der Waals surface area (Å²) in [6, 6.07) is 0. The third-order valence-corrected chi connectivity index (χ3v) is 2.58. The Morgan fingerprint density at radius 2 is 2.12 bits per heavy atom. The van der Waals surface area contributed by atoms with Crippen molar-refractivity contribution in [2.45, 2.75) is 20.4 Å². The Balaban J connectivity index is 2.92. The second kappa shape index (κ2) is 5.07. The smallest absolute Gasteiger partial charge is 0.112 e. The first-order valence-corrected chi connectivity index (χ1v) is 5.37. The van der Waals surface area contributed by atoms with Gasteiger partial charge in [0.15, 0.2) is 0 Å². The van der Waals surface area contributed by atoms with Gasteiger partial charge in [-0.1, -0.05) is 6.92 Å². The summed E-state index contributed by atoms with van der Waals surface area (Å²) in [6.45, 7) is 4.79. The van der Waals surface area contributed by atoms with Gasteiger partial charge in [-0.25, -0.2) is 0 Å². The minimum absolute atomic E-state index is 0.140. The lowest BCUT2D eigenvalue weighted by Gasteiger charge is -2.09. The van der Waals surface area contributed by atoms with Crippen LogP contribution in [0.15, 0.2) is 12.4 Å². The molecule has 0 spiro atoms. The van der Waals surface area contributed by atoms with Crippen LogP contribution < -0.4 is 0 Å². The number of aromatic nitrogens is 1. The number of nitrogens with zero attached hydrogens (tertiary/aromatic N) is 2. The van der Waals surface area contributed by atoms with Gasteiger partial charge in [-0.3, -0.25) is 5.41 Å². The molecule has 1 rings (SSSR count). The lowest BCUT2D eigenvalue weighted by atomic mass is 10.2. The summed E-state index contributed by atoms with van der Waals surface area (Å²) in [7, 11) is 4.06. The molecule has 0 aromatic carbocycles. The molecule has 0 aliphatic rings. The van der Waals surface area contributed by atoms with Gasteiger partial charge in [0.05, 0.1) is 0 Å². The van der Waals surface area contributed by atoms with E-state index in [1.807, 2.05) is 38.0 Å². The second-order valence-electron chi connectivity index (χ2n) is 4.45. The number of rotatable bonds is 4. The van der Waals surface area contributed by atoms with Gasteiger partial charge in [-0.2, -0.15) is 0 Å². The van der Waals surface area contributed by atoms with Gasteiger partial charge in [0.1, 0.15) is 5.84 Å². The van der Waals surface area contributed by atoms with Gasteiger partial charge in [0, 0.05) is 31.1 Å². The van der Waals surface area contributed by atoms with Crippen LogP contribution in [-0.2, 0) is 6.54 Å². The normalized spacial score (nSPS) is 12.8. The third kappa shape index (κ3) is 2.79. The molecule has 1 heterocycles. The Bertz CT molecular complexity index is 390. The lowest BCUT2D eigenvalue weighted by Crippen LogP contribution is -2.18. The molecule has 0 fully saturated rings. The number of hydrogen-bond acceptors (Lipinski definition) is 3. The highest BCUT2D eigenvalue weighted by Gasteiger charge is 2.11. The highest BCUT2D eigenvalue weighted by Crippen LogP contribution is 2.12. The van der Waals surface area contributed by atoms with Gasteiger partial charge >= 0.3 is 0 Å². The van der Waals surface area contributed by atoms with Crippen LogP contribution in [0.5, 0.6) is 0 Å². The van der Waals surface area contributed by atoms with Gasteiger partial charge in [-0.15, -0.1) is 0 Å². The molecule has 4 heteroatoms. The first-order chi connectivity index (χ1) is 7.45. The Labute approximate surface area is 96.9 Å². The number of hydrogen-bond donors (Lipinski definition) is 2. The molecule has 0 aliphatic heterocycles.